The first-order valence-electron chi connectivity index (χ1n) is 6.93. The Morgan fingerprint density at radius 3 is 2.40 bits per heavy atom. The van der Waals surface area contributed by atoms with Crippen LogP contribution in [0.15, 0.2) is 24.5 Å². The van der Waals surface area contributed by atoms with Gasteiger partial charge in [0.2, 0.25) is 5.88 Å². The monoisotopic (exact) mass is 271 g/mol. The molecule has 0 amide bonds. The summed E-state index contributed by atoms with van der Waals surface area (Å²) in [4.78, 5) is 8.42. The molecule has 0 atom stereocenters. The molecule has 2 aromatic rings. The number of aromatic nitrogens is 2. The van der Waals surface area contributed by atoms with Crippen LogP contribution in [0.1, 0.15) is 35.7 Å². The lowest BCUT2D eigenvalue weighted by Crippen LogP contribution is -2.00. The largest absolute Gasteiger partial charge is 0.438 e. The van der Waals surface area contributed by atoms with Gasteiger partial charge in [0.1, 0.15) is 12.1 Å². The number of nitrogens with two attached hydrogens (primary N) is 1. The van der Waals surface area contributed by atoms with E-state index in [0.29, 0.717) is 12.4 Å². The van der Waals surface area contributed by atoms with Crippen molar-refractivity contribution in [1.82, 2.24) is 9.97 Å². The SMILES string of the molecule is CCCc1cc(Oc2c(C)cc(CN)cc2C)ncn1. The second-order valence-electron chi connectivity index (χ2n) is 4.96. The third-order valence-electron chi connectivity index (χ3n) is 3.17. The number of benzene rings is 1. The first kappa shape index (κ1) is 14.5. The van der Waals surface area contributed by atoms with E-state index in [9.17, 15) is 0 Å². The number of hydrogen-bond acceptors (Lipinski definition) is 4. The Balaban J connectivity index is 2.28. The van der Waals surface area contributed by atoms with E-state index in [0.717, 1.165) is 41.0 Å². The van der Waals surface area contributed by atoms with Gasteiger partial charge < -0.3 is 10.5 Å². The smallest absolute Gasteiger partial charge is 0.222 e. The lowest BCUT2D eigenvalue weighted by molar-refractivity contribution is 0.453. The standard InChI is InChI=1S/C16H21N3O/c1-4-5-14-8-15(19-10-18-14)20-16-11(2)6-13(9-17)7-12(16)3/h6-8,10H,4-5,9,17H2,1-3H3. The minimum Gasteiger partial charge on any atom is -0.438 e. The van der Waals surface area contributed by atoms with Gasteiger partial charge in [-0.3, -0.25) is 0 Å². The van der Waals surface area contributed by atoms with Crippen molar-refractivity contribution in [3.63, 3.8) is 0 Å². The van der Waals surface area contributed by atoms with Crippen LogP contribution in [0.2, 0.25) is 0 Å². The van der Waals surface area contributed by atoms with Gasteiger partial charge in [-0.05, 0) is 37.0 Å². The minimum atomic E-state index is 0.538. The lowest BCUT2D eigenvalue weighted by atomic mass is 10.1. The van der Waals surface area contributed by atoms with E-state index < -0.39 is 0 Å². The fraction of sp³-hybridized carbons (Fsp3) is 0.375. The third kappa shape index (κ3) is 3.33. The number of rotatable bonds is 5. The van der Waals surface area contributed by atoms with Gasteiger partial charge in [-0.15, -0.1) is 0 Å². The van der Waals surface area contributed by atoms with Gasteiger partial charge in [-0.2, -0.15) is 0 Å². The summed E-state index contributed by atoms with van der Waals surface area (Å²) in [5.41, 5.74) is 9.94. The van der Waals surface area contributed by atoms with Gasteiger partial charge in [0.25, 0.3) is 0 Å². The summed E-state index contributed by atoms with van der Waals surface area (Å²) in [6.07, 6.45) is 3.54. The zero-order valence-corrected chi connectivity index (χ0v) is 12.3. The van der Waals surface area contributed by atoms with Gasteiger partial charge in [0.15, 0.2) is 0 Å². The number of nitrogens with zero attached hydrogens (tertiary/aromatic N) is 2. The van der Waals surface area contributed by atoms with E-state index in [1.807, 2.05) is 19.9 Å². The van der Waals surface area contributed by atoms with Crippen molar-refractivity contribution in [2.45, 2.75) is 40.2 Å². The normalized spacial score (nSPS) is 10.6. The molecule has 0 aliphatic rings. The van der Waals surface area contributed by atoms with Crippen LogP contribution in [0.4, 0.5) is 0 Å². The quantitative estimate of drug-likeness (QED) is 0.906. The molecule has 4 nitrogen and oxygen atoms in total. The van der Waals surface area contributed by atoms with Crippen molar-refractivity contribution in [2.24, 2.45) is 5.73 Å². The molecule has 1 heterocycles. The van der Waals surface area contributed by atoms with E-state index in [1.54, 1.807) is 6.33 Å². The lowest BCUT2D eigenvalue weighted by Gasteiger charge is -2.13. The van der Waals surface area contributed by atoms with Crippen molar-refractivity contribution >= 4 is 0 Å². The molecule has 0 saturated carbocycles. The predicted molar refractivity (Wildman–Crippen MR) is 79.9 cm³/mol. The van der Waals surface area contributed by atoms with Crippen molar-refractivity contribution in [2.75, 3.05) is 0 Å². The molecule has 2 rings (SSSR count). The van der Waals surface area contributed by atoms with E-state index in [1.165, 1.54) is 0 Å². The molecule has 106 valence electrons. The van der Waals surface area contributed by atoms with Gasteiger partial charge in [-0.25, -0.2) is 9.97 Å². The average molecular weight is 271 g/mol. The van der Waals surface area contributed by atoms with Gasteiger partial charge in [0, 0.05) is 18.3 Å². The summed E-state index contributed by atoms with van der Waals surface area (Å²) in [7, 11) is 0. The highest BCUT2D eigenvalue weighted by atomic mass is 16.5. The Bertz CT molecular complexity index is 573. The van der Waals surface area contributed by atoms with E-state index >= 15 is 0 Å². The average Bonchev–Trinajstić information content (AvgIpc) is 2.43. The maximum absolute atomic E-state index is 5.93. The molecule has 0 fully saturated rings. The molecule has 0 radical (unpaired) electrons. The molecular weight excluding hydrogens is 250 g/mol. The molecule has 1 aromatic carbocycles. The molecule has 0 spiro atoms. The third-order valence-corrected chi connectivity index (χ3v) is 3.17. The maximum atomic E-state index is 5.93. The Morgan fingerprint density at radius 2 is 1.80 bits per heavy atom. The van der Waals surface area contributed by atoms with E-state index in [-0.39, 0.29) is 0 Å². The van der Waals surface area contributed by atoms with Crippen LogP contribution in [0.3, 0.4) is 0 Å². The van der Waals surface area contributed by atoms with Crippen molar-refractivity contribution in [3.8, 4) is 11.6 Å². The second-order valence-corrected chi connectivity index (χ2v) is 4.96. The van der Waals surface area contributed by atoms with Gasteiger partial charge in [0.05, 0.1) is 0 Å². The topological polar surface area (TPSA) is 61.0 Å². The summed E-state index contributed by atoms with van der Waals surface area (Å²) in [6, 6.07) is 6.01. The van der Waals surface area contributed by atoms with Gasteiger partial charge in [-0.1, -0.05) is 25.5 Å². The summed E-state index contributed by atoms with van der Waals surface area (Å²) in [5, 5.41) is 0. The first-order valence-corrected chi connectivity index (χ1v) is 6.93. The first-order chi connectivity index (χ1) is 9.63. The summed E-state index contributed by atoms with van der Waals surface area (Å²) in [6.45, 7) is 6.71. The Labute approximate surface area is 120 Å². The molecule has 1 aromatic heterocycles. The van der Waals surface area contributed by atoms with Crippen molar-refractivity contribution in [3.05, 3.63) is 46.9 Å². The molecule has 0 bridgehead atoms. The van der Waals surface area contributed by atoms with E-state index in [2.05, 4.69) is 29.0 Å². The Morgan fingerprint density at radius 1 is 1.10 bits per heavy atom. The summed E-state index contributed by atoms with van der Waals surface area (Å²) >= 11 is 0. The molecule has 2 N–H and O–H groups in total. The molecule has 4 heteroatoms. The summed E-state index contributed by atoms with van der Waals surface area (Å²) in [5.74, 6) is 1.44. The maximum Gasteiger partial charge on any atom is 0.222 e. The van der Waals surface area contributed by atoms with E-state index in [4.69, 9.17) is 10.5 Å². The Kier molecular flexibility index (Phi) is 4.69. The van der Waals surface area contributed by atoms with Crippen LogP contribution in [0.25, 0.3) is 0 Å². The number of aryl methyl sites for hydroxylation is 3. The van der Waals surface area contributed by atoms with Gasteiger partial charge >= 0.3 is 0 Å². The second kappa shape index (κ2) is 6.48. The Hall–Kier alpha value is -1.94. The highest BCUT2D eigenvalue weighted by Gasteiger charge is 2.09. The summed E-state index contributed by atoms with van der Waals surface area (Å²) < 4.78 is 5.93. The molecule has 0 aliphatic carbocycles. The molecule has 0 unspecified atom stereocenters. The molecule has 0 saturated heterocycles. The number of ether oxygens (including phenoxy) is 1. The molecule has 0 aliphatic heterocycles. The minimum absolute atomic E-state index is 0.538. The highest BCUT2D eigenvalue weighted by molar-refractivity contribution is 5.45. The zero-order valence-electron chi connectivity index (χ0n) is 12.3. The van der Waals surface area contributed by atoms with Crippen LogP contribution >= 0.6 is 0 Å². The fourth-order valence-corrected chi connectivity index (χ4v) is 2.25. The zero-order chi connectivity index (χ0) is 14.5. The number of hydrogen-bond donors (Lipinski definition) is 1. The van der Waals surface area contributed by atoms with Crippen LogP contribution < -0.4 is 10.5 Å². The van der Waals surface area contributed by atoms with Crippen LogP contribution in [-0.2, 0) is 13.0 Å². The van der Waals surface area contributed by atoms with Crippen LogP contribution in [-0.4, -0.2) is 9.97 Å². The van der Waals surface area contributed by atoms with Crippen LogP contribution in [0.5, 0.6) is 11.6 Å². The van der Waals surface area contributed by atoms with Crippen molar-refractivity contribution in [1.29, 1.82) is 0 Å². The molecular formula is C16H21N3O. The predicted octanol–water partition coefficient (Wildman–Crippen LogP) is 3.30. The highest BCUT2D eigenvalue weighted by Crippen LogP contribution is 2.29. The molecule has 20 heavy (non-hydrogen) atoms. The van der Waals surface area contributed by atoms with Crippen LogP contribution in [0, 0.1) is 13.8 Å². The fourth-order valence-electron chi connectivity index (χ4n) is 2.25. The van der Waals surface area contributed by atoms with Crippen molar-refractivity contribution < 1.29 is 4.74 Å².